The Kier molecular flexibility index (Phi) is 4.06. The van der Waals surface area contributed by atoms with Crippen LogP contribution in [0.2, 0.25) is 0 Å². The first kappa shape index (κ1) is 12.0. The fourth-order valence-corrected chi connectivity index (χ4v) is 2.03. The third-order valence-electron chi connectivity index (χ3n) is 1.94. The van der Waals surface area contributed by atoms with Crippen LogP contribution in [0, 0.1) is 0 Å². The van der Waals surface area contributed by atoms with E-state index in [1.807, 2.05) is 17.5 Å². The summed E-state index contributed by atoms with van der Waals surface area (Å²) in [6, 6.07) is 7.46. The Bertz CT molecular complexity index is 520. The SMILES string of the molecule is O=C(/C=C/c1cccs1)Nc1ccc(Br)nc1. The van der Waals surface area contributed by atoms with E-state index in [2.05, 4.69) is 26.2 Å². The highest BCUT2D eigenvalue weighted by atomic mass is 79.9. The average molecular weight is 309 g/mol. The highest BCUT2D eigenvalue weighted by molar-refractivity contribution is 9.10. The molecule has 1 N–H and O–H groups in total. The number of nitrogens with one attached hydrogen (secondary N) is 1. The highest BCUT2D eigenvalue weighted by Gasteiger charge is 1.98. The van der Waals surface area contributed by atoms with Gasteiger partial charge in [-0.05, 0) is 45.6 Å². The Morgan fingerprint density at radius 1 is 1.41 bits per heavy atom. The summed E-state index contributed by atoms with van der Waals surface area (Å²) in [7, 11) is 0. The first-order valence-electron chi connectivity index (χ1n) is 4.88. The molecule has 17 heavy (non-hydrogen) atoms. The lowest BCUT2D eigenvalue weighted by Gasteiger charge is -2.00. The van der Waals surface area contributed by atoms with Gasteiger partial charge in [0.1, 0.15) is 4.60 Å². The molecule has 0 spiro atoms. The van der Waals surface area contributed by atoms with Gasteiger partial charge in [0.05, 0.1) is 11.9 Å². The number of carbonyl (C=O) groups excluding carboxylic acids is 1. The fraction of sp³-hybridized carbons (Fsp3) is 0. The van der Waals surface area contributed by atoms with Crippen molar-refractivity contribution in [1.29, 1.82) is 0 Å². The quantitative estimate of drug-likeness (QED) is 0.696. The second-order valence-corrected chi connectivity index (χ2v) is 5.00. The van der Waals surface area contributed by atoms with Crippen molar-refractivity contribution in [3.05, 3.63) is 51.4 Å². The van der Waals surface area contributed by atoms with Gasteiger partial charge in [-0.3, -0.25) is 4.79 Å². The predicted molar refractivity (Wildman–Crippen MR) is 73.9 cm³/mol. The van der Waals surface area contributed by atoms with Crippen molar-refractivity contribution in [2.24, 2.45) is 0 Å². The van der Waals surface area contributed by atoms with Crippen LogP contribution in [0.3, 0.4) is 0 Å². The molecule has 0 bridgehead atoms. The van der Waals surface area contributed by atoms with Gasteiger partial charge in [-0.2, -0.15) is 0 Å². The number of rotatable bonds is 3. The first-order valence-corrected chi connectivity index (χ1v) is 6.55. The molecule has 86 valence electrons. The van der Waals surface area contributed by atoms with Crippen molar-refractivity contribution >= 4 is 44.9 Å². The lowest BCUT2D eigenvalue weighted by atomic mass is 10.3. The number of thiophene rings is 1. The molecule has 2 rings (SSSR count). The van der Waals surface area contributed by atoms with Crippen LogP contribution in [0.4, 0.5) is 5.69 Å². The van der Waals surface area contributed by atoms with E-state index in [9.17, 15) is 4.79 Å². The Balaban J connectivity index is 1.95. The maximum absolute atomic E-state index is 11.6. The topological polar surface area (TPSA) is 42.0 Å². The molecule has 5 heteroatoms. The van der Waals surface area contributed by atoms with Crippen molar-refractivity contribution in [2.75, 3.05) is 5.32 Å². The number of hydrogen-bond donors (Lipinski definition) is 1. The molecule has 0 fully saturated rings. The number of pyridine rings is 1. The second kappa shape index (κ2) is 5.75. The number of anilines is 1. The zero-order valence-electron chi connectivity index (χ0n) is 8.76. The minimum Gasteiger partial charge on any atom is -0.321 e. The van der Waals surface area contributed by atoms with E-state index in [0.29, 0.717) is 5.69 Å². The predicted octanol–water partition coefficient (Wildman–Crippen LogP) is 3.56. The van der Waals surface area contributed by atoms with E-state index in [4.69, 9.17) is 0 Å². The summed E-state index contributed by atoms with van der Waals surface area (Å²) in [6.45, 7) is 0. The standard InChI is InChI=1S/C12H9BrN2OS/c13-11-5-3-9(8-14-11)15-12(16)6-4-10-2-1-7-17-10/h1-8H,(H,15,16)/b6-4+. The highest BCUT2D eigenvalue weighted by Crippen LogP contribution is 2.12. The molecule has 0 aromatic carbocycles. The zero-order chi connectivity index (χ0) is 12.1. The van der Waals surface area contributed by atoms with Crippen LogP contribution in [-0.2, 0) is 4.79 Å². The van der Waals surface area contributed by atoms with Crippen LogP contribution in [-0.4, -0.2) is 10.9 Å². The first-order chi connectivity index (χ1) is 8.24. The molecule has 0 aliphatic rings. The molecule has 2 aromatic heterocycles. The summed E-state index contributed by atoms with van der Waals surface area (Å²) in [6.07, 6.45) is 4.89. The molecule has 0 unspecified atom stereocenters. The van der Waals surface area contributed by atoms with E-state index in [0.717, 1.165) is 9.48 Å². The number of hydrogen-bond acceptors (Lipinski definition) is 3. The van der Waals surface area contributed by atoms with Crippen LogP contribution in [0.25, 0.3) is 6.08 Å². The van der Waals surface area contributed by atoms with Crippen LogP contribution >= 0.6 is 27.3 Å². The van der Waals surface area contributed by atoms with Crippen molar-refractivity contribution < 1.29 is 4.79 Å². The van der Waals surface area contributed by atoms with Crippen LogP contribution in [0.1, 0.15) is 4.88 Å². The van der Waals surface area contributed by atoms with E-state index < -0.39 is 0 Å². The molecule has 0 atom stereocenters. The van der Waals surface area contributed by atoms with Gasteiger partial charge in [-0.1, -0.05) is 6.07 Å². The number of carbonyl (C=O) groups is 1. The molecule has 0 saturated carbocycles. The van der Waals surface area contributed by atoms with E-state index >= 15 is 0 Å². The molecule has 2 aromatic rings. The molecule has 0 radical (unpaired) electrons. The minimum absolute atomic E-state index is 0.164. The van der Waals surface area contributed by atoms with Gasteiger partial charge >= 0.3 is 0 Å². The van der Waals surface area contributed by atoms with Crippen LogP contribution in [0.5, 0.6) is 0 Å². The smallest absolute Gasteiger partial charge is 0.248 e. The Hall–Kier alpha value is -1.46. The fourth-order valence-electron chi connectivity index (χ4n) is 1.18. The summed E-state index contributed by atoms with van der Waals surface area (Å²) in [5.74, 6) is -0.164. The van der Waals surface area contributed by atoms with Gasteiger partial charge in [0.25, 0.3) is 0 Å². The maximum atomic E-state index is 11.6. The van der Waals surface area contributed by atoms with Gasteiger partial charge < -0.3 is 5.32 Å². The third-order valence-corrected chi connectivity index (χ3v) is 3.24. The molecule has 3 nitrogen and oxygen atoms in total. The van der Waals surface area contributed by atoms with E-state index in [1.165, 1.54) is 6.08 Å². The number of halogens is 1. The number of aromatic nitrogens is 1. The molecule has 0 aliphatic carbocycles. The lowest BCUT2D eigenvalue weighted by Crippen LogP contribution is -2.07. The van der Waals surface area contributed by atoms with E-state index in [-0.39, 0.29) is 5.91 Å². The van der Waals surface area contributed by atoms with Crippen molar-refractivity contribution in [2.45, 2.75) is 0 Å². The Labute approximate surface area is 111 Å². The monoisotopic (exact) mass is 308 g/mol. The van der Waals surface area contributed by atoms with E-state index in [1.54, 1.807) is 35.7 Å². The normalized spacial score (nSPS) is 10.6. The average Bonchev–Trinajstić information content (AvgIpc) is 2.83. The summed E-state index contributed by atoms with van der Waals surface area (Å²) >= 11 is 4.82. The zero-order valence-corrected chi connectivity index (χ0v) is 11.2. The molecular weight excluding hydrogens is 300 g/mol. The molecule has 0 saturated heterocycles. The molecular formula is C12H9BrN2OS. The molecule has 2 heterocycles. The van der Waals surface area contributed by atoms with Crippen LogP contribution in [0.15, 0.2) is 46.5 Å². The van der Waals surface area contributed by atoms with Crippen molar-refractivity contribution in [3.8, 4) is 0 Å². The third kappa shape index (κ3) is 3.80. The molecule has 0 aliphatic heterocycles. The molecule has 1 amide bonds. The van der Waals surface area contributed by atoms with Crippen LogP contribution < -0.4 is 5.32 Å². The number of amides is 1. The summed E-state index contributed by atoms with van der Waals surface area (Å²) in [5.41, 5.74) is 0.675. The Morgan fingerprint density at radius 2 is 2.29 bits per heavy atom. The van der Waals surface area contributed by atoms with Gasteiger partial charge in [0, 0.05) is 11.0 Å². The number of nitrogens with zero attached hydrogens (tertiary/aromatic N) is 1. The lowest BCUT2D eigenvalue weighted by molar-refractivity contribution is -0.111. The van der Waals surface area contributed by atoms with Gasteiger partial charge in [-0.15, -0.1) is 11.3 Å². The van der Waals surface area contributed by atoms with Gasteiger partial charge in [0.15, 0.2) is 0 Å². The minimum atomic E-state index is -0.164. The van der Waals surface area contributed by atoms with Crippen molar-refractivity contribution in [3.63, 3.8) is 0 Å². The van der Waals surface area contributed by atoms with Crippen molar-refractivity contribution in [1.82, 2.24) is 4.98 Å². The van der Waals surface area contributed by atoms with Gasteiger partial charge in [-0.25, -0.2) is 4.98 Å². The second-order valence-electron chi connectivity index (χ2n) is 3.21. The summed E-state index contributed by atoms with van der Waals surface area (Å²) in [5, 5.41) is 4.70. The largest absolute Gasteiger partial charge is 0.321 e. The summed E-state index contributed by atoms with van der Waals surface area (Å²) in [4.78, 5) is 16.6. The Morgan fingerprint density at radius 3 is 2.94 bits per heavy atom. The van der Waals surface area contributed by atoms with Gasteiger partial charge in [0.2, 0.25) is 5.91 Å². The maximum Gasteiger partial charge on any atom is 0.248 e. The summed E-state index contributed by atoms with van der Waals surface area (Å²) < 4.78 is 0.740.